The lowest BCUT2D eigenvalue weighted by Gasteiger charge is -2.30. The summed E-state index contributed by atoms with van der Waals surface area (Å²) in [5.74, 6) is -0.00314. The van der Waals surface area contributed by atoms with Gasteiger partial charge in [0, 0.05) is 30.5 Å². The van der Waals surface area contributed by atoms with E-state index in [-0.39, 0.29) is 23.3 Å². The Labute approximate surface area is 180 Å². The smallest absolute Gasteiger partial charge is 0.418 e. The van der Waals surface area contributed by atoms with E-state index >= 15 is 0 Å². The number of carbonyl (C=O) groups is 1. The molecule has 0 atom stereocenters. The molecule has 0 saturated heterocycles. The Morgan fingerprint density at radius 1 is 1.16 bits per heavy atom. The van der Waals surface area contributed by atoms with E-state index in [9.17, 15) is 23.1 Å². The number of halogens is 3. The van der Waals surface area contributed by atoms with Crippen molar-refractivity contribution in [3.8, 4) is 11.5 Å². The quantitative estimate of drug-likeness (QED) is 0.542. The largest absolute Gasteiger partial charge is 0.465 e. The van der Waals surface area contributed by atoms with Crippen molar-refractivity contribution in [1.29, 1.82) is 0 Å². The zero-order chi connectivity index (χ0) is 22.8. The van der Waals surface area contributed by atoms with Gasteiger partial charge in [0.25, 0.3) is 0 Å². The molecule has 0 fully saturated rings. The highest BCUT2D eigenvalue weighted by atomic mass is 32.1. The number of carboxylic acid groups (broad SMARTS) is 1. The third kappa shape index (κ3) is 5.45. The molecule has 12 heteroatoms. The number of alkyl halides is 3. The Balaban J connectivity index is 2.06. The van der Waals surface area contributed by atoms with Crippen LogP contribution in [0.3, 0.4) is 0 Å². The Morgan fingerprint density at radius 3 is 2.48 bits per heavy atom. The predicted molar refractivity (Wildman–Crippen MR) is 110 cm³/mol. The lowest BCUT2D eigenvalue weighted by Crippen LogP contribution is -2.38. The monoisotopic (exact) mass is 452 g/mol. The fraction of sp³-hybridized carbons (Fsp3) is 0.316. The Morgan fingerprint density at radius 2 is 1.90 bits per heavy atom. The zero-order valence-corrected chi connectivity index (χ0v) is 17.6. The van der Waals surface area contributed by atoms with Gasteiger partial charge in [0.2, 0.25) is 5.13 Å². The molecule has 0 spiro atoms. The topological polar surface area (TPSA) is 104 Å². The van der Waals surface area contributed by atoms with Gasteiger partial charge in [-0.05, 0) is 23.6 Å². The van der Waals surface area contributed by atoms with Crippen molar-refractivity contribution in [2.75, 3.05) is 16.8 Å². The summed E-state index contributed by atoms with van der Waals surface area (Å²) < 4.78 is 45.4. The minimum absolute atomic E-state index is 0.148. The summed E-state index contributed by atoms with van der Waals surface area (Å²) >= 11 is 0.895. The molecule has 164 valence electrons. The molecule has 0 unspecified atom stereocenters. The van der Waals surface area contributed by atoms with Crippen LogP contribution in [0.25, 0.3) is 11.5 Å². The van der Waals surface area contributed by atoms with Gasteiger partial charge in [-0.3, -0.25) is 9.88 Å². The van der Waals surface area contributed by atoms with Gasteiger partial charge in [0.05, 0.1) is 5.56 Å². The number of nitrogens with one attached hydrogen (secondary N) is 1. The molecule has 0 aliphatic carbocycles. The van der Waals surface area contributed by atoms with Crippen LogP contribution in [0.5, 0.6) is 0 Å². The van der Waals surface area contributed by atoms with E-state index in [1.54, 1.807) is 45.2 Å². The molecule has 0 radical (unpaired) electrons. The zero-order valence-electron chi connectivity index (χ0n) is 16.8. The van der Waals surface area contributed by atoms with Gasteiger partial charge in [-0.2, -0.15) is 22.5 Å². The molecule has 2 N–H and O–H groups in total. The molecular weight excluding hydrogens is 433 g/mol. The normalized spacial score (nSPS) is 11.9. The first-order chi connectivity index (χ1) is 14.5. The molecule has 0 aromatic carbocycles. The lowest BCUT2D eigenvalue weighted by atomic mass is 9.95. The van der Waals surface area contributed by atoms with Gasteiger partial charge in [0.15, 0.2) is 11.6 Å². The van der Waals surface area contributed by atoms with Crippen molar-refractivity contribution < 1.29 is 23.1 Å². The molecule has 1 amide bonds. The van der Waals surface area contributed by atoms with Crippen LogP contribution < -0.4 is 10.2 Å². The average Bonchev–Trinajstić information content (AvgIpc) is 3.14. The number of aromatic nitrogens is 4. The number of pyridine rings is 2. The van der Waals surface area contributed by atoms with Crippen molar-refractivity contribution in [2.45, 2.75) is 26.9 Å². The van der Waals surface area contributed by atoms with Gasteiger partial charge in [-0.15, -0.1) is 0 Å². The van der Waals surface area contributed by atoms with Crippen molar-refractivity contribution in [3.05, 3.63) is 42.2 Å². The maximum Gasteiger partial charge on any atom is 0.418 e. The Kier molecular flexibility index (Phi) is 6.11. The van der Waals surface area contributed by atoms with Gasteiger partial charge in [-0.25, -0.2) is 9.78 Å². The van der Waals surface area contributed by atoms with Gasteiger partial charge in [-0.1, -0.05) is 26.8 Å². The lowest BCUT2D eigenvalue weighted by molar-refractivity contribution is -0.137. The summed E-state index contributed by atoms with van der Waals surface area (Å²) in [4.78, 5) is 24.9. The van der Waals surface area contributed by atoms with Gasteiger partial charge < -0.3 is 10.4 Å². The third-order valence-corrected chi connectivity index (χ3v) is 4.54. The van der Waals surface area contributed by atoms with Gasteiger partial charge >= 0.3 is 12.3 Å². The van der Waals surface area contributed by atoms with E-state index in [1.807, 2.05) is 0 Å². The molecule has 31 heavy (non-hydrogen) atoms. The van der Waals surface area contributed by atoms with Gasteiger partial charge in [0.1, 0.15) is 11.4 Å². The molecule has 0 aliphatic rings. The van der Waals surface area contributed by atoms with Crippen molar-refractivity contribution in [2.24, 2.45) is 5.41 Å². The van der Waals surface area contributed by atoms with Crippen molar-refractivity contribution >= 4 is 34.3 Å². The van der Waals surface area contributed by atoms with E-state index in [0.29, 0.717) is 10.6 Å². The number of nitrogens with zero attached hydrogens (tertiary/aromatic N) is 5. The van der Waals surface area contributed by atoms with Crippen LogP contribution in [0.4, 0.5) is 34.6 Å². The second kappa shape index (κ2) is 8.46. The average molecular weight is 452 g/mol. The Bertz CT molecular complexity index is 1070. The fourth-order valence-electron chi connectivity index (χ4n) is 2.74. The molecule has 3 heterocycles. The second-order valence-corrected chi connectivity index (χ2v) is 8.50. The van der Waals surface area contributed by atoms with Crippen LogP contribution in [0.2, 0.25) is 0 Å². The predicted octanol–water partition coefficient (Wildman–Crippen LogP) is 5.29. The highest BCUT2D eigenvalue weighted by Gasteiger charge is 2.39. The fourth-order valence-corrected chi connectivity index (χ4v) is 3.32. The van der Waals surface area contributed by atoms with Crippen molar-refractivity contribution in [1.82, 2.24) is 19.3 Å². The standard InChI is InChI=1S/C19H19F3N6O2S/c1-18(2,3)10-28(17(29)30)13-11(19(20,21)22)7-9-24-15(13)26-16-25-14(27-31-16)12-6-4-5-8-23-12/h4-9H,10H2,1-3H3,(H,29,30)(H,24,25,26,27). The van der Waals surface area contributed by atoms with Crippen LogP contribution in [0, 0.1) is 5.41 Å². The number of hydrogen-bond donors (Lipinski definition) is 2. The summed E-state index contributed by atoms with van der Waals surface area (Å²) in [7, 11) is 0. The van der Waals surface area contributed by atoms with E-state index in [2.05, 4.69) is 24.6 Å². The summed E-state index contributed by atoms with van der Waals surface area (Å²) in [6.07, 6.45) is -3.79. The molecule has 0 bridgehead atoms. The van der Waals surface area contributed by atoms with Crippen molar-refractivity contribution in [3.63, 3.8) is 0 Å². The van der Waals surface area contributed by atoms with Crippen LogP contribution in [0.15, 0.2) is 36.7 Å². The maximum absolute atomic E-state index is 13.7. The number of rotatable bonds is 5. The summed E-state index contributed by atoms with van der Waals surface area (Å²) in [5.41, 5.74) is -1.83. The Hall–Kier alpha value is -3.28. The first-order valence-electron chi connectivity index (χ1n) is 9.04. The summed E-state index contributed by atoms with van der Waals surface area (Å²) in [6.45, 7) is 5.00. The molecule has 3 aromatic heterocycles. The minimum Gasteiger partial charge on any atom is -0.465 e. The molecular formula is C19H19F3N6O2S. The minimum atomic E-state index is -4.79. The number of anilines is 3. The van der Waals surface area contributed by atoms with E-state index in [4.69, 9.17) is 0 Å². The second-order valence-electron chi connectivity index (χ2n) is 7.75. The SMILES string of the molecule is CC(C)(C)CN(C(=O)O)c1c(C(F)(F)F)ccnc1Nc1nc(-c2ccccn2)ns1. The summed E-state index contributed by atoms with van der Waals surface area (Å²) in [6, 6.07) is 5.91. The highest BCUT2D eigenvalue weighted by molar-refractivity contribution is 7.09. The van der Waals surface area contributed by atoms with Crippen LogP contribution >= 0.6 is 11.5 Å². The maximum atomic E-state index is 13.7. The number of amides is 1. The van der Waals surface area contributed by atoms with Crippen LogP contribution in [-0.2, 0) is 6.18 Å². The van der Waals surface area contributed by atoms with Crippen LogP contribution in [0.1, 0.15) is 26.3 Å². The molecule has 0 saturated carbocycles. The highest BCUT2D eigenvalue weighted by Crippen LogP contribution is 2.42. The first-order valence-corrected chi connectivity index (χ1v) is 9.82. The first kappa shape index (κ1) is 22.4. The molecule has 3 aromatic rings. The number of hydrogen-bond acceptors (Lipinski definition) is 7. The van der Waals surface area contributed by atoms with E-state index in [1.165, 1.54) is 0 Å². The summed E-state index contributed by atoms with van der Waals surface area (Å²) in [5, 5.41) is 12.5. The van der Waals surface area contributed by atoms with E-state index < -0.39 is 28.9 Å². The van der Waals surface area contributed by atoms with Crippen LogP contribution in [-0.4, -0.2) is 37.1 Å². The third-order valence-electron chi connectivity index (χ3n) is 3.91. The molecule has 8 nitrogen and oxygen atoms in total. The molecule has 3 rings (SSSR count). The molecule has 0 aliphatic heterocycles. The van der Waals surface area contributed by atoms with E-state index in [0.717, 1.165) is 23.8 Å².